The molecule has 0 bridgehead atoms. The van der Waals surface area contributed by atoms with Gasteiger partial charge >= 0.3 is 5.97 Å². The van der Waals surface area contributed by atoms with Crippen LogP contribution in [0.5, 0.6) is 11.5 Å². The van der Waals surface area contributed by atoms with Gasteiger partial charge in [0.1, 0.15) is 0 Å². The molecule has 1 heterocycles. The second-order valence-corrected chi connectivity index (χ2v) is 6.13. The number of rotatable bonds is 2. The molecule has 2 aliphatic rings. The van der Waals surface area contributed by atoms with E-state index in [4.69, 9.17) is 21.1 Å². The third-order valence-electron chi connectivity index (χ3n) is 4.49. The first-order chi connectivity index (χ1) is 10.1. The molecular weight excluding hydrogens is 292 g/mol. The summed E-state index contributed by atoms with van der Waals surface area (Å²) in [4.78, 5) is 11.9. The molecule has 0 aromatic heterocycles. The number of hydrogen-bond donors (Lipinski definition) is 1. The Morgan fingerprint density at radius 2 is 1.81 bits per heavy atom. The lowest BCUT2D eigenvalue weighted by molar-refractivity contribution is -0.145. The van der Waals surface area contributed by atoms with E-state index in [1.54, 1.807) is 12.1 Å². The van der Waals surface area contributed by atoms with Crippen molar-refractivity contribution in [3.63, 3.8) is 0 Å². The number of carbonyl (C=O) groups is 1. The zero-order chi connectivity index (χ0) is 14.9. The SMILES string of the molecule is O=C(O)C1(c2ccc3c(c2Cl)OCCCO3)CCCCC1. The minimum Gasteiger partial charge on any atom is -0.490 e. The average molecular weight is 311 g/mol. The van der Waals surface area contributed by atoms with Crippen LogP contribution in [-0.4, -0.2) is 24.3 Å². The molecule has 0 spiro atoms. The van der Waals surface area contributed by atoms with Crippen LogP contribution < -0.4 is 9.47 Å². The first kappa shape index (κ1) is 14.5. The molecule has 5 heteroatoms. The Labute approximate surface area is 129 Å². The van der Waals surface area contributed by atoms with Gasteiger partial charge < -0.3 is 14.6 Å². The number of aliphatic carboxylic acids is 1. The summed E-state index contributed by atoms with van der Waals surface area (Å²) in [6, 6.07) is 3.59. The van der Waals surface area contributed by atoms with Crippen molar-refractivity contribution in [3.05, 3.63) is 22.7 Å². The summed E-state index contributed by atoms with van der Waals surface area (Å²) in [5.41, 5.74) is -0.222. The number of ether oxygens (including phenoxy) is 2. The van der Waals surface area contributed by atoms with E-state index in [-0.39, 0.29) is 0 Å². The molecule has 1 aromatic carbocycles. The first-order valence-electron chi connectivity index (χ1n) is 7.47. The van der Waals surface area contributed by atoms with Gasteiger partial charge in [0.15, 0.2) is 11.5 Å². The van der Waals surface area contributed by atoms with E-state index in [2.05, 4.69) is 0 Å². The number of halogens is 1. The van der Waals surface area contributed by atoms with Gasteiger partial charge in [0.05, 0.1) is 23.7 Å². The molecule has 0 saturated heterocycles. The molecule has 1 saturated carbocycles. The molecule has 0 atom stereocenters. The smallest absolute Gasteiger partial charge is 0.314 e. The summed E-state index contributed by atoms with van der Waals surface area (Å²) in [6.07, 6.45) is 4.96. The van der Waals surface area contributed by atoms with Crippen LogP contribution in [0.2, 0.25) is 5.02 Å². The molecule has 1 aliphatic heterocycles. The Morgan fingerprint density at radius 1 is 1.10 bits per heavy atom. The van der Waals surface area contributed by atoms with Gasteiger partial charge in [-0.2, -0.15) is 0 Å². The summed E-state index contributed by atoms with van der Waals surface area (Å²) in [5, 5.41) is 10.2. The molecule has 0 amide bonds. The Hall–Kier alpha value is -1.42. The minimum absolute atomic E-state index is 0.402. The summed E-state index contributed by atoms with van der Waals surface area (Å²) < 4.78 is 11.3. The van der Waals surface area contributed by atoms with E-state index in [9.17, 15) is 9.90 Å². The van der Waals surface area contributed by atoms with Crippen molar-refractivity contribution in [3.8, 4) is 11.5 Å². The Balaban J connectivity index is 2.09. The van der Waals surface area contributed by atoms with Crippen LogP contribution in [-0.2, 0) is 10.2 Å². The van der Waals surface area contributed by atoms with Crippen LogP contribution >= 0.6 is 11.6 Å². The fraction of sp³-hybridized carbons (Fsp3) is 0.562. The number of hydrogen-bond acceptors (Lipinski definition) is 3. The number of carboxylic acids is 1. The lowest BCUT2D eigenvalue weighted by atomic mass is 9.69. The van der Waals surface area contributed by atoms with Crippen LogP contribution in [0.4, 0.5) is 0 Å². The maximum atomic E-state index is 11.9. The highest BCUT2D eigenvalue weighted by Gasteiger charge is 2.43. The van der Waals surface area contributed by atoms with Gasteiger partial charge in [0.25, 0.3) is 0 Å². The van der Waals surface area contributed by atoms with Crippen molar-refractivity contribution in [2.45, 2.75) is 43.9 Å². The zero-order valence-electron chi connectivity index (χ0n) is 11.9. The van der Waals surface area contributed by atoms with Crippen molar-refractivity contribution >= 4 is 17.6 Å². The van der Waals surface area contributed by atoms with Crippen molar-refractivity contribution in [2.24, 2.45) is 0 Å². The Bertz CT molecular complexity index is 549. The van der Waals surface area contributed by atoms with E-state index in [1.165, 1.54) is 0 Å². The van der Waals surface area contributed by atoms with Gasteiger partial charge in [-0.05, 0) is 24.5 Å². The molecule has 4 nitrogen and oxygen atoms in total. The van der Waals surface area contributed by atoms with Gasteiger partial charge in [0, 0.05) is 6.42 Å². The predicted molar refractivity (Wildman–Crippen MR) is 79.5 cm³/mol. The number of fused-ring (bicyclic) bond motifs is 1. The molecule has 0 unspecified atom stereocenters. The van der Waals surface area contributed by atoms with Gasteiger partial charge in [-0.1, -0.05) is 36.9 Å². The Morgan fingerprint density at radius 3 is 2.52 bits per heavy atom. The highest BCUT2D eigenvalue weighted by molar-refractivity contribution is 6.33. The molecule has 21 heavy (non-hydrogen) atoms. The van der Waals surface area contributed by atoms with Crippen molar-refractivity contribution < 1.29 is 19.4 Å². The monoisotopic (exact) mass is 310 g/mol. The van der Waals surface area contributed by atoms with Crippen LogP contribution in [0, 0.1) is 0 Å². The molecule has 1 aliphatic carbocycles. The number of carboxylic acid groups (broad SMARTS) is 1. The second-order valence-electron chi connectivity index (χ2n) is 5.75. The van der Waals surface area contributed by atoms with Crippen molar-refractivity contribution in [1.29, 1.82) is 0 Å². The highest BCUT2D eigenvalue weighted by Crippen LogP contribution is 2.48. The van der Waals surface area contributed by atoms with Gasteiger partial charge in [-0.25, -0.2) is 0 Å². The molecule has 0 radical (unpaired) electrons. The van der Waals surface area contributed by atoms with E-state index in [0.717, 1.165) is 25.7 Å². The minimum atomic E-state index is -0.889. The van der Waals surface area contributed by atoms with Crippen molar-refractivity contribution in [1.82, 2.24) is 0 Å². The lowest BCUT2D eigenvalue weighted by Crippen LogP contribution is -2.38. The second kappa shape index (κ2) is 5.76. The summed E-state index contributed by atoms with van der Waals surface area (Å²) in [7, 11) is 0. The summed E-state index contributed by atoms with van der Waals surface area (Å²) in [5.74, 6) is 0.314. The van der Waals surface area contributed by atoms with E-state index in [1.807, 2.05) is 0 Å². The average Bonchev–Trinajstić information content (AvgIpc) is 2.74. The van der Waals surface area contributed by atoms with Gasteiger partial charge in [0.2, 0.25) is 0 Å². The molecule has 1 aromatic rings. The number of benzene rings is 1. The third kappa shape index (κ3) is 2.46. The van der Waals surface area contributed by atoms with Crippen LogP contribution in [0.15, 0.2) is 12.1 Å². The summed E-state index contributed by atoms with van der Waals surface area (Å²) >= 11 is 6.50. The quantitative estimate of drug-likeness (QED) is 0.903. The fourth-order valence-electron chi connectivity index (χ4n) is 3.33. The summed E-state index contributed by atoms with van der Waals surface area (Å²) in [6.45, 7) is 1.13. The van der Waals surface area contributed by atoms with Crippen LogP contribution in [0.1, 0.15) is 44.1 Å². The largest absolute Gasteiger partial charge is 0.490 e. The van der Waals surface area contributed by atoms with E-state index >= 15 is 0 Å². The topological polar surface area (TPSA) is 55.8 Å². The third-order valence-corrected chi connectivity index (χ3v) is 4.86. The van der Waals surface area contributed by atoms with Crippen molar-refractivity contribution in [2.75, 3.05) is 13.2 Å². The molecule has 1 fully saturated rings. The predicted octanol–water partition coefficient (Wildman–Crippen LogP) is 3.79. The standard InChI is InChI=1S/C16H19ClO4/c17-13-11(16(15(18)19)7-2-1-3-8-16)5-6-12-14(13)21-10-4-9-20-12/h5-6H,1-4,7-10H2,(H,18,19). The Kier molecular flexibility index (Phi) is 3.98. The van der Waals surface area contributed by atoms with E-state index < -0.39 is 11.4 Å². The lowest BCUT2D eigenvalue weighted by Gasteiger charge is -2.34. The van der Waals surface area contributed by atoms with Crippen LogP contribution in [0.25, 0.3) is 0 Å². The van der Waals surface area contributed by atoms with Gasteiger partial charge in [-0.15, -0.1) is 0 Å². The normalized spacial score (nSPS) is 20.6. The maximum absolute atomic E-state index is 11.9. The van der Waals surface area contributed by atoms with E-state index in [0.29, 0.717) is 48.1 Å². The first-order valence-corrected chi connectivity index (χ1v) is 7.85. The fourth-order valence-corrected chi connectivity index (χ4v) is 3.72. The van der Waals surface area contributed by atoms with Crippen LogP contribution in [0.3, 0.4) is 0 Å². The zero-order valence-corrected chi connectivity index (χ0v) is 12.6. The maximum Gasteiger partial charge on any atom is 0.314 e. The molecule has 3 rings (SSSR count). The molecular formula is C16H19ClO4. The molecule has 114 valence electrons. The van der Waals surface area contributed by atoms with Gasteiger partial charge in [-0.3, -0.25) is 4.79 Å². The molecule has 1 N–H and O–H groups in total. The highest BCUT2D eigenvalue weighted by atomic mass is 35.5.